The number of anilines is 1. The standard InChI is InChI=1S/C9H7BrN2O2/c10-5-1-2-6(7(13)3-5)8-4-12-9(11)14-8/h1-4,13H,(H2,11,12). The van der Waals surface area contributed by atoms with Gasteiger partial charge in [-0.15, -0.1) is 0 Å². The molecule has 0 fully saturated rings. The van der Waals surface area contributed by atoms with Crippen molar-refractivity contribution in [3.05, 3.63) is 28.9 Å². The molecule has 2 rings (SSSR count). The van der Waals surface area contributed by atoms with Crippen molar-refractivity contribution < 1.29 is 9.52 Å². The average molecular weight is 255 g/mol. The number of phenolic OH excluding ortho intramolecular Hbond substituents is 1. The number of aromatic nitrogens is 1. The van der Waals surface area contributed by atoms with Crippen molar-refractivity contribution in [1.29, 1.82) is 0 Å². The summed E-state index contributed by atoms with van der Waals surface area (Å²) in [7, 11) is 0. The predicted molar refractivity (Wildman–Crippen MR) is 55.7 cm³/mol. The second-order valence-electron chi connectivity index (χ2n) is 2.72. The van der Waals surface area contributed by atoms with E-state index in [1.165, 1.54) is 6.20 Å². The minimum atomic E-state index is 0.0855. The van der Waals surface area contributed by atoms with Crippen LogP contribution in [0.3, 0.4) is 0 Å². The second kappa shape index (κ2) is 3.34. The molecule has 0 radical (unpaired) electrons. The van der Waals surface area contributed by atoms with Gasteiger partial charge in [-0.1, -0.05) is 15.9 Å². The van der Waals surface area contributed by atoms with E-state index >= 15 is 0 Å². The lowest BCUT2D eigenvalue weighted by atomic mass is 10.1. The molecule has 0 aliphatic rings. The Morgan fingerprint density at radius 1 is 1.43 bits per heavy atom. The highest BCUT2D eigenvalue weighted by atomic mass is 79.9. The molecule has 0 saturated carbocycles. The number of nitrogens with two attached hydrogens (primary N) is 1. The summed E-state index contributed by atoms with van der Waals surface area (Å²) in [6.07, 6.45) is 1.47. The van der Waals surface area contributed by atoms with Gasteiger partial charge >= 0.3 is 0 Å². The highest BCUT2D eigenvalue weighted by Gasteiger charge is 2.08. The van der Waals surface area contributed by atoms with Crippen molar-refractivity contribution >= 4 is 21.9 Å². The Kier molecular flexibility index (Phi) is 2.17. The number of oxazole rings is 1. The summed E-state index contributed by atoms with van der Waals surface area (Å²) in [5.41, 5.74) is 5.89. The Bertz CT molecular complexity index is 468. The molecule has 0 saturated heterocycles. The molecule has 14 heavy (non-hydrogen) atoms. The third-order valence-electron chi connectivity index (χ3n) is 1.75. The number of rotatable bonds is 1. The topological polar surface area (TPSA) is 72.3 Å². The van der Waals surface area contributed by atoms with E-state index in [9.17, 15) is 5.11 Å². The second-order valence-corrected chi connectivity index (χ2v) is 3.64. The third-order valence-corrected chi connectivity index (χ3v) is 2.24. The molecule has 3 N–H and O–H groups in total. The summed E-state index contributed by atoms with van der Waals surface area (Å²) in [6.45, 7) is 0. The van der Waals surface area contributed by atoms with Crippen LogP contribution in [0.15, 0.2) is 33.3 Å². The van der Waals surface area contributed by atoms with Gasteiger partial charge in [0.2, 0.25) is 0 Å². The van der Waals surface area contributed by atoms with Crippen molar-refractivity contribution in [3.63, 3.8) is 0 Å². The van der Waals surface area contributed by atoms with Crippen LogP contribution in [0.2, 0.25) is 0 Å². The van der Waals surface area contributed by atoms with Gasteiger partial charge < -0.3 is 15.3 Å². The van der Waals surface area contributed by atoms with Crippen LogP contribution in [0, 0.1) is 0 Å². The van der Waals surface area contributed by atoms with Gasteiger partial charge in [0.15, 0.2) is 5.76 Å². The maximum absolute atomic E-state index is 9.60. The number of hydrogen-bond donors (Lipinski definition) is 2. The fourth-order valence-electron chi connectivity index (χ4n) is 1.13. The van der Waals surface area contributed by atoms with Gasteiger partial charge in [0, 0.05) is 4.47 Å². The highest BCUT2D eigenvalue weighted by molar-refractivity contribution is 9.10. The molecule has 1 heterocycles. The van der Waals surface area contributed by atoms with Crippen molar-refractivity contribution in [1.82, 2.24) is 4.98 Å². The van der Waals surface area contributed by atoms with Gasteiger partial charge in [-0.25, -0.2) is 4.98 Å². The van der Waals surface area contributed by atoms with Gasteiger partial charge in [-0.3, -0.25) is 0 Å². The van der Waals surface area contributed by atoms with Crippen LogP contribution in [0.1, 0.15) is 0 Å². The van der Waals surface area contributed by atoms with Crippen LogP contribution in [0.5, 0.6) is 5.75 Å². The molecule has 0 bridgehead atoms. The number of benzene rings is 1. The minimum Gasteiger partial charge on any atom is -0.507 e. The summed E-state index contributed by atoms with van der Waals surface area (Å²) in [5, 5.41) is 9.60. The molecule has 1 aromatic heterocycles. The van der Waals surface area contributed by atoms with Gasteiger partial charge in [-0.2, -0.15) is 0 Å². The molecule has 0 atom stereocenters. The summed E-state index contributed by atoms with van der Waals surface area (Å²) < 4.78 is 5.88. The Balaban J connectivity index is 2.52. The van der Waals surface area contributed by atoms with E-state index in [4.69, 9.17) is 10.2 Å². The van der Waals surface area contributed by atoms with Gasteiger partial charge in [0.25, 0.3) is 6.01 Å². The van der Waals surface area contributed by atoms with Crippen LogP contribution >= 0.6 is 15.9 Å². The van der Waals surface area contributed by atoms with Gasteiger partial charge in [0.05, 0.1) is 11.8 Å². The molecule has 0 unspecified atom stereocenters. The van der Waals surface area contributed by atoms with Crippen LogP contribution < -0.4 is 5.73 Å². The molecule has 4 nitrogen and oxygen atoms in total. The zero-order chi connectivity index (χ0) is 10.1. The maximum atomic E-state index is 9.60. The summed E-state index contributed by atoms with van der Waals surface area (Å²) in [6, 6.07) is 5.18. The third kappa shape index (κ3) is 1.58. The minimum absolute atomic E-state index is 0.0855. The lowest BCUT2D eigenvalue weighted by molar-refractivity contribution is 0.474. The smallest absolute Gasteiger partial charge is 0.292 e. The van der Waals surface area contributed by atoms with E-state index in [0.29, 0.717) is 11.3 Å². The SMILES string of the molecule is Nc1ncc(-c2ccc(Br)cc2O)o1. The first-order valence-corrected chi connectivity index (χ1v) is 4.66. The van der Waals surface area contributed by atoms with Crippen LogP contribution in [-0.2, 0) is 0 Å². The quantitative estimate of drug-likeness (QED) is 0.820. The molecule has 0 amide bonds. The van der Waals surface area contributed by atoms with Crippen LogP contribution in [-0.4, -0.2) is 10.1 Å². The van der Waals surface area contributed by atoms with E-state index in [1.54, 1.807) is 18.2 Å². The van der Waals surface area contributed by atoms with E-state index < -0.39 is 0 Å². The Hall–Kier alpha value is -1.49. The molecule has 0 spiro atoms. The molecular weight excluding hydrogens is 248 g/mol. The molecule has 1 aromatic carbocycles. The van der Waals surface area contributed by atoms with Gasteiger partial charge in [-0.05, 0) is 18.2 Å². The molecule has 5 heteroatoms. The summed E-state index contributed by atoms with van der Waals surface area (Å²) in [5.74, 6) is 0.572. The summed E-state index contributed by atoms with van der Waals surface area (Å²) >= 11 is 3.24. The Labute approximate surface area is 88.5 Å². The lowest BCUT2D eigenvalue weighted by Gasteiger charge is -2.00. The van der Waals surface area contributed by atoms with E-state index in [0.717, 1.165) is 4.47 Å². The van der Waals surface area contributed by atoms with Crippen LogP contribution in [0.4, 0.5) is 6.01 Å². The first kappa shape index (κ1) is 9.08. The molecule has 2 aromatic rings. The van der Waals surface area contributed by atoms with E-state index in [-0.39, 0.29) is 11.8 Å². The number of phenols is 1. The number of halogens is 1. The highest BCUT2D eigenvalue weighted by Crippen LogP contribution is 2.32. The predicted octanol–water partition coefficient (Wildman–Crippen LogP) is 2.39. The van der Waals surface area contributed by atoms with Crippen molar-refractivity contribution in [2.75, 3.05) is 5.73 Å². The summed E-state index contributed by atoms with van der Waals surface area (Å²) in [4.78, 5) is 3.74. The fraction of sp³-hybridized carbons (Fsp3) is 0. The van der Waals surface area contributed by atoms with E-state index in [1.807, 2.05) is 0 Å². The van der Waals surface area contributed by atoms with Crippen molar-refractivity contribution in [2.24, 2.45) is 0 Å². The Morgan fingerprint density at radius 3 is 2.79 bits per heavy atom. The zero-order valence-electron chi connectivity index (χ0n) is 7.07. The normalized spacial score (nSPS) is 10.4. The molecule has 0 aliphatic carbocycles. The Morgan fingerprint density at radius 2 is 2.21 bits per heavy atom. The zero-order valence-corrected chi connectivity index (χ0v) is 8.65. The molecule has 0 aliphatic heterocycles. The monoisotopic (exact) mass is 254 g/mol. The van der Waals surface area contributed by atoms with Gasteiger partial charge in [0.1, 0.15) is 5.75 Å². The van der Waals surface area contributed by atoms with Crippen molar-refractivity contribution in [3.8, 4) is 17.1 Å². The largest absolute Gasteiger partial charge is 0.507 e. The number of nitrogens with zero attached hydrogens (tertiary/aromatic N) is 1. The fourth-order valence-corrected chi connectivity index (χ4v) is 1.47. The first-order chi connectivity index (χ1) is 6.66. The maximum Gasteiger partial charge on any atom is 0.292 e. The molecular formula is C9H7BrN2O2. The average Bonchev–Trinajstić information content (AvgIpc) is 2.51. The lowest BCUT2D eigenvalue weighted by Crippen LogP contribution is -1.80. The number of hydrogen-bond acceptors (Lipinski definition) is 4. The van der Waals surface area contributed by atoms with E-state index in [2.05, 4.69) is 20.9 Å². The van der Waals surface area contributed by atoms with Crippen molar-refractivity contribution in [2.45, 2.75) is 0 Å². The number of aromatic hydroxyl groups is 1. The number of nitrogen functional groups attached to an aromatic ring is 1. The molecule has 72 valence electrons. The first-order valence-electron chi connectivity index (χ1n) is 3.87. The van der Waals surface area contributed by atoms with Crippen LogP contribution in [0.25, 0.3) is 11.3 Å².